The van der Waals surface area contributed by atoms with Crippen molar-refractivity contribution in [3.05, 3.63) is 28.2 Å². The molecule has 4 nitrogen and oxygen atoms in total. The van der Waals surface area contributed by atoms with Crippen LogP contribution in [0.3, 0.4) is 0 Å². The molecule has 1 aromatic carbocycles. The quantitative estimate of drug-likeness (QED) is 0.853. The molecule has 0 saturated carbocycles. The van der Waals surface area contributed by atoms with E-state index in [1.165, 1.54) is 0 Å². The van der Waals surface area contributed by atoms with Gasteiger partial charge in [0.05, 0.1) is 17.7 Å². The molecule has 1 amide bonds. The Kier molecular flexibility index (Phi) is 5.91. The lowest BCUT2D eigenvalue weighted by atomic mass is 10.1. The molecule has 1 fully saturated rings. The molecule has 0 unspecified atom stereocenters. The molecule has 0 atom stereocenters. The van der Waals surface area contributed by atoms with E-state index in [4.69, 9.17) is 0 Å². The highest BCUT2D eigenvalue weighted by molar-refractivity contribution is 9.10. The van der Waals surface area contributed by atoms with Gasteiger partial charge in [-0.3, -0.25) is 9.69 Å². The van der Waals surface area contributed by atoms with Crippen molar-refractivity contribution in [1.29, 1.82) is 0 Å². The number of piperazine rings is 1. The summed E-state index contributed by atoms with van der Waals surface area (Å²) in [6.45, 7) is 2.32. The maximum absolute atomic E-state index is 12.3. The van der Waals surface area contributed by atoms with Crippen LogP contribution < -0.4 is 10.2 Å². The van der Waals surface area contributed by atoms with Gasteiger partial charge in [0.2, 0.25) is 0 Å². The van der Waals surface area contributed by atoms with E-state index in [9.17, 15) is 18.0 Å². The highest BCUT2D eigenvalue weighted by Crippen LogP contribution is 2.27. The summed E-state index contributed by atoms with van der Waals surface area (Å²) in [6.07, 6.45) is -4.90. The molecule has 1 heterocycles. The molecule has 1 aliphatic heterocycles. The van der Waals surface area contributed by atoms with E-state index in [2.05, 4.69) is 21.2 Å². The highest BCUT2D eigenvalue weighted by Gasteiger charge is 2.29. The van der Waals surface area contributed by atoms with Crippen molar-refractivity contribution in [2.24, 2.45) is 0 Å². The van der Waals surface area contributed by atoms with Crippen LogP contribution in [-0.4, -0.2) is 56.8 Å². The van der Waals surface area contributed by atoms with Gasteiger partial charge in [0.1, 0.15) is 0 Å². The van der Waals surface area contributed by atoms with Gasteiger partial charge in [-0.15, -0.1) is 0 Å². The van der Waals surface area contributed by atoms with E-state index in [1.54, 1.807) is 19.2 Å². The van der Waals surface area contributed by atoms with Crippen LogP contribution in [0.25, 0.3) is 0 Å². The summed E-state index contributed by atoms with van der Waals surface area (Å²) >= 11 is 3.40. The van der Waals surface area contributed by atoms with E-state index in [0.29, 0.717) is 31.7 Å². The summed E-state index contributed by atoms with van der Waals surface area (Å²) in [6, 6.07) is 5.41. The van der Waals surface area contributed by atoms with Crippen molar-refractivity contribution >= 4 is 27.5 Å². The van der Waals surface area contributed by atoms with Crippen LogP contribution >= 0.6 is 15.9 Å². The number of nitrogens with zero attached hydrogens (tertiary/aromatic N) is 2. The van der Waals surface area contributed by atoms with Crippen LogP contribution in [0, 0.1) is 0 Å². The second kappa shape index (κ2) is 7.53. The molecule has 1 aliphatic rings. The Bertz CT molecular complexity index is 557. The zero-order valence-corrected chi connectivity index (χ0v) is 14.4. The van der Waals surface area contributed by atoms with Crippen molar-refractivity contribution in [3.8, 4) is 0 Å². The Morgan fingerprint density at radius 2 is 1.91 bits per heavy atom. The molecule has 1 aromatic rings. The Balaban J connectivity index is 2.02. The maximum atomic E-state index is 12.3. The molecule has 0 spiro atoms. The van der Waals surface area contributed by atoms with Gasteiger partial charge in [0.25, 0.3) is 5.91 Å². The smallest absolute Gasteiger partial charge is 0.368 e. The third kappa shape index (κ3) is 5.10. The predicted molar refractivity (Wildman–Crippen MR) is 86.9 cm³/mol. The summed E-state index contributed by atoms with van der Waals surface area (Å²) in [5.74, 6) is -0.174. The van der Waals surface area contributed by atoms with Crippen molar-refractivity contribution in [3.63, 3.8) is 0 Å². The van der Waals surface area contributed by atoms with Crippen LogP contribution in [-0.2, 0) is 0 Å². The van der Waals surface area contributed by atoms with E-state index in [-0.39, 0.29) is 12.5 Å². The Hall–Kier alpha value is -1.28. The summed E-state index contributed by atoms with van der Waals surface area (Å²) < 4.78 is 37.7. The molecular weight excluding hydrogens is 375 g/mol. The molecule has 1 saturated heterocycles. The van der Waals surface area contributed by atoms with Gasteiger partial charge in [0, 0.05) is 44.2 Å². The average molecular weight is 394 g/mol. The molecule has 0 aliphatic carbocycles. The lowest BCUT2D eigenvalue weighted by molar-refractivity contribution is -0.138. The average Bonchev–Trinajstić information content (AvgIpc) is 2.52. The Morgan fingerprint density at radius 1 is 1.26 bits per heavy atom. The number of rotatable bonds is 4. The van der Waals surface area contributed by atoms with Gasteiger partial charge in [0.15, 0.2) is 0 Å². The maximum Gasteiger partial charge on any atom is 0.390 e. The van der Waals surface area contributed by atoms with Crippen LogP contribution in [0.15, 0.2) is 22.7 Å². The second-order valence-electron chi connectivity index (χ2n) is 5.43. The molecule has 2 rings (SSSR count). The minimum Gasteiger partial charge on any atom is -0.368 e. The fraction of sp³-hybridized carbons (Fsp3) is 0.533. The lowest BCUT2D eigenvalue weighted by Crippen LogP contribution is -2.47. The standard InChI is InChI=1S/C15H19BrF3N3O/c1-20-14(23)12-3-2-11(16)10-13(12)22-8-6-21(7-9-22)5-4-15(17,18)19/h2-3,10H,4-9H2,1H3,(H,20,23). The number of hydrogen-bond donors (Lipinski definition) is 1. The van der Waals surface area contributed by atoms with Gasteiger partial charge in [-0.1, -0.05) is 15.9 Å². The largest absolute Gasteiger partial charge is 0.390 e. The number of anilines is 1. The second-order valence-corrected chi connectivity index (χ2v) is 6.35. The van der Waals surface area contributed by atoms with Crippen LogP contribution in [0.2, 0.25) is 0 Å². The summed E-state index contributed by atoms with van der Waals surface area (Å²) in [5, 5.41) is 2.61. The fourth-order valence-corrected chi connectivity index (χ4v) is 2.94. The number of alkyl halides is 3. The number of halogens is 4. The minimum atomic E-state index is -4.12. The minimum absolute atomic E-state index is 0.0259. The summed E-state index contributed by atoms with van der Waals surface area (Å²) in [5.41, 5.74) is 1.37. The van der Waals surface area contributed by atoms with E-state index >= 15 is 0 Å². The van der Waals surface area contributed by atoms with Crippen molar-refractivity contribution in [1.82, 2.24) is 10.2 Å². The highest BCUT2D eigenvalue weighted by atomic mass is 79.9. The van der Waals surface area contributed by atoms with Gasteiger partial charge < -0.3 is 10.2 Å². The molecule has 8 heteroatoms. The molecule has 128 valence electrons. The predicted octanol–water partition coefficient (Wildman–Crippen LogP) is 2.88. The van der Waals surface area contributed by atoms with Crippen molar-refractivity contribution in [2.75, 3.05) is 44.7 Å². The number of nitrogens with one attached hydrogen (secondary N) is 1. The first-order chi connectivity index (χ1) is 10.8. The molecule has 23 heavy (non-hydrogen) atoms. The van der Waals surface area contributed by atoms with Gasteiger partial charge in [-0.05, 0) is 18.2 Å². The first-order valence-electron chi connectivity index (χ1n) is 7.36. The lowest BCUT2D eigenvalue weighted by Gasteiger charge is -2.37. The number of hydrogen-bond acceptors (Lipinski definition) is 3. The summed E-state index contributed by atoms with van der Waals surface area (Å²) in [4.78, 5) is 15.8. The van der Waals surface area contributed by atoms with E-state index < -0.39 is 12.6 Å². The summed E-state index contributed by atoms with van der Waals surface area (Å²) in [7, 11) is 1.57. The fourth-order valence-electron chi connectivity index (χ4n) is 2.59. The SMILES string of the molecule is CNC(=O)c1ccc(Br)cc1N1CCN(CCC(F)(F)F)CC1. The van der Waals surface area contributed by atoms with Crippen molar-refractivity contribution in [2.45, 2.75) is 12.6 Å². The Morgan fingerprint density at radius 3 is 2.48 bits per heavy atom. The van der Waals surface area contributed by atoms with E-state index in [0.717, 1.165) is 10.2 Å². The monoisotopic (exact) mass is 393 g/mol. The zero-order chi connectivity index (χ0) is 17.0. The number of carbonyl (C=O) groups is 1. The van der Waals surface area contributed by atoms with Gasteiger partial charge >= 0.3 is 6.18 Å². The zero-order valence-electron chi connectivity index (χ0n) is 12.8. The van der Waals surface area contributed by atoms with Gasteiger partial charge in [-0.2, -0.15) is 13.2 Å². The van der Waals surface area contributed by atoms with Gasteiger partial charge in [-0.25, -0.2) is 0 Å². The molecule has 0 aromatic heterocycles. The topological polar surface area (TPSA) is 35.6 Å². The molecular formula is C15H19BrF3N3O. The number of amides is 1. The van der Waals surface area contributed by atoms with Crippen LogP contribution in [0.4, 0.5) is 18.9 Å². The van der Waals surface area contributed by atoms with Crippen LogP contribution in [0.1, 0.15) is 16.8 Å². The van der Waals surface area contributed by atoms with Crippen molar-refractivity contribution < 1.29 is 18.0 Å². The number of carbonyl (C=O) groups excluding carboxylic acids is 1. The first kappa shape index (κ1) is 18.1. The third-order valence-electron chi connectivity index (χ3n) is 3.86. The van der Waals surface area contributed by atoms with E-state index in [1.807, 2.05) is 15.9 Å². The molecule has 1 N–H and O–H groups in total. The first-order valence-corrected chi connectivity index (χ1v) is 8.15. The van der Waals surface area contributed by atoms with Crippen LogP contribution in [0.5, 0.6) is 0 Å². The Labute approximate surface area is 141 Å². The number of benzene rings is 1. The normalized spacial score (nSPS) is 16.5. The third-order valence-corrected chi connectivity index (χ3v) is 4.35. The molecule has 0 radical (unpaired) electrons. The molecule has 0 bridgehead atoms.